The molecular weight excluding hydrogens is 352 g/mol. The van der Waals surface area contributed by atoms with Crippen molar-refractivity contribution in [3.63, 3.8) is 0 Å². The third-order valence-corrected chi connectivity index (χ3v) is 6.78. The van der Waals surface area contributed by atoms with Crippen LogP contribution in [-0.2, 0) is 21.2 Å². The number of hydrogen-bond donors (Lipinski definition) is 1. The Morgan fingerprint density at radius 2 is 1.96 bits per heavy atom. The van der Waals surface area contributed by atoms with Crippen molar-refractivity contribution in [1.82, 2.24) is 4.31 Å². The molecule has 1 atom stereocenters. The normalized spacial score (nSPS) is 20.3. The highest BCUT2D eigenvalue weighted by Crippen LogP contribution is 2.33. The number of ether oxygens (including phenoxy) is 1. The Kier molecular flexibility index (Phi) is 4.42. The summed E-state index contributed by atoms with van der Waals surface area (Å²) in [5.74, 6) is 0.209. The number of nitrogens with one attached hydrogen (secondary N) is 1. The van der Waals surface area contributed by atoms with Crippen molar-refractivity contribution in [2.24, 2.45) is 0 Å². The van der Waals surface area contributed by atoms with Gasteiger partial charge in [-0.1, -0.05) is 30.3 Å². The number of benzene rings is 2. The summed E-state index contributed by atoms with van der Waals surface area (Å²) >= 11 is 0. The van der Waals surface area contributed by atoms with Gasteiger partial charge in [0.2, 0.25) is 10.0 Å². The lowest BCUT2D eigenvalue weighted by atomic mass is 10.1. The van der Waals surface area contributed by atoms with Gasteiger partial charge in [-0.25, -0.2) is 8.42 Å². The molecule has 6 nitrogen and oxygen atoms in total. The zero-order valence-electron chi connectivity index (χ0n) is 14.2. The van der Waals surface area contributed by atoms with E-state index in [1.54, 1.807) is 16.4 Å². The number of carbonyl (C=O) groups is 1. The highest BCUT2D eigenvalue weighted by Gasteiger charge is 2.35. The van der Waals surface area contributed by atoms with Gasteiger partial charge in [0.15, 0.2) is 6.61 Å². The van der Waals surface area contributed by atoms with Crippen LogP contribution in [0.25, 0.3) is 0 Å². The Hall–Kier alpha value is -2.38. The van der Waals surface area contributed by atoms with Gasteiger partial charge in [-0.3, -0.25) is 4.79 Å². The van der Waals surface area contributed by atoms with Gasteiger partial charge in [0.25, 0.3) is 5.91 Å². The summed E-state index contributed by atoms with van der Waals surface area (Å²) in [5.41, 5.74) is 1.53. The predicted octanol–water partition coefficient (Wildman–Crippen LogP) is 2.41. The first-order valence-corrected chi connectivity index (χ1v) is 10.1. The SMILES string of the molecule is O=C1COc2ccc(S(=O)(=O)N3CCCC3Cc3ccccc3)cc2N1. The van der Waals surface area contributed by atoms with E-state index in [1.807, 2.05) is 30.3 Å². The zero-order chi connectivity index (χ0) is 18.1. The van der Waals surface area contributed by atoms with Crippen molar-refractivity contribution >= 4 is 21.6 Å². The maximum atomic E-state index is 13.2. The van der Waals surface area contributed by atoms with E-state index in [0.29, 0.717) is 24.4 Å². The molecule has 2 aliphatic heterocycles. The quantitative estimate of drug-likeness (QED) is 0.894. The van der Waals surface area contributed by atoms with Crippen molar-refractivity contribution in [2.45, 2.75) is 30.2 Å². The van der Waals surface area contributed by atoms with Crippen molar-refractivity contribution in [2.75, 3.05) is 18.5 Å². The van der Waals surface area contributed by atoms with E-state index in [0.717, 1.165) is 18.4 Å². The van der Waals surface area contributed by atoms with Crippen LogP contribution in [0.15, 0.2) is 53.4 Å². The van der Waals surface area contributed by atoms with Gasteiger partial charge in [-0.2, -0.15) is 4.31 Å². The van der Waals surface area contributed by atoms with Gasteiger partial charge >= 0.3 is 0 Å². The number of rotatable bonds is 4. The van der Waals surface area contributed by atoms with Crippen LogP contribution >= 0.6 is 0 Å². The van der Waals surface area contributed by atoms with Crippen LogP contribution < -0.4 is 10.1 Å². The summed E-state index contributed by atoms with van der Waals surface area (Å²) in [5, 5.41) is 2.67. The van der Waals surface area contributed by atoms with Crippen molar-refractivity contribution in [3.8, 4) is 5.75 Å². The molecule has 2 aromatic rings. The largest absolute Gasteiger partial charge is 0.482 e. The Morgan fingerprint density at radius 3 is 2.77 bits per heavy atom. The molecule has 7 heteroatoms. The van der Waals surface area contributed by atoms with E-state index in [2.05, 4.69) is 5.32 Å². The van der Waals surface area contributed by atoms with E-state index in [1.165, 1.54) is 6.07 Å². The fourth-order valence-corrected chi connectivity index (χ4v) is 5.29. The molecule has 2 aromatic carbocycles. The minimum atomic E-state index is -3.63. The predicted molar refractivity (Wildman–Crippen MR) is 97.6 cm³/mol. The van der Waals surface area contributed by atoms with E-state index in [9.17, 15) is 13.2 Å². The fourth-order valence-electron chi connectivity index (χ4n) is 3.57. The van der Waals surface area contributed by atoms with Gasteiger partial charge in [0.05, 0.1) is 10.6 Å². The molecule has 4 rings (SSSR count). The van der Waals surface area contributed by atoms with Crippen LogP contribution in [0.5, 0.6) is 5.75 Å². The standard InChI is InChI=1S/C19H20N2O4S/c22-19-13-25-18-9-8-16(12-17(18)20-19)26(23,24)21-10-4-7-15(21)11-14-5-2-1-3-6-14/h1-3,5-6,8-9,12,15H,4,7,10-11,13H2,(H,20,22). The number of hydrogen-bond acceptors (Lipinski definition) is 4. The van der Waals surface area contributed by atoms with Gasteiger partial charge < -0.3 is 10.1 Å². The first-order chi connectivity index (χ1) is 12.5. The van der Waals surface area contributed by atoms with Crippen LogP contribution in [0.4, 0.5) is 5.69 Å². The summed E-state index contributed by atoms with van der Waals surface area (Å²) in [6.45, 7) is 0.462. The third kappa shape index (κ3) is 3.20. The summed E-state index contributed by atoms with van der Waals surface area (Å²) in [6, 6.07) is 14.5. The zero-order valence-corrected chi connectivity index (χ0v) is 15.0. The lowest BCUT2D eigenvalue weighted by molar-refractivity contribution is -0.118. The summed E-state index contributed by atoms with van der Waals surface area (Å²) in [6.07, 6.45) is 2.39. The topological polar surface area (TPSA) is 75.7 Å². The molecule has 1 saturated heterocycles. The average molecular weight is 372 g/mol. The Bertz CT molecular complexity index is 928. The Labute approximate surface area is 152 Å². The minimum Gasteiger partial charge on any atom is -0.482 e. The van der Waals surface area contributed by atoms with Crippen molar-refractivity contribution in [1.29, 1.82) is 0 Å². The van der Waals surface area contributed by atoms with Gasteiger partial charge in [0, 0.05) is 12.6 Å². The van der Waals surface area contributed by atoms with Crippen LogP contribution in [0.3, 0.4) is 0 Å². The summed E-state index contributed by atoms with van der Waals surface area (Å²) < 4.78 is 33.2. The van der Waals surface area contributed by atoms with Gasteiger partial charge in [0.1, 0.15) is 5.75 Å². The molecule has 0 aliphatic carbocycles. The van der Waals surface area contributed by atoms with E-state index < -0.39 is 10.0 Å². The summed E-state index contributed by atoms with van der Waals surface area (Å²) in [4.78, 5) is 11.7. The minimum absolute atomic E-state index is 0.0512. The molecule has 1 unspecified atom stereocenters. The number of amides is 1. The Morgan fingerprint density at radius 1 is 1.15 bits per heavy atom. The molecular formula is C19H20N2O4S. The Balaban J connectivity index is 1.61. The number of fused-ring (bicyclic) bond motifs is 1. The lowest BCUT2D eigenvalue weighted by Gasteiger charge is -2.25. The molecule has 2 aliphatic rings. The first kappa shape index (κ1) is 17.1. The molecule has 0 radical (unpaired) electrons. The van der Waals surface area contributed by atoms with Crippen molar-refractivity contribution in [3.05, 3.63) is 54.1 Å². The fraction of sp³-hybridized carbons (Fsp3) is 0.316. The summed E-state index contributed by atoms with van der Waals surface area (Å²) in [7, 11) is -3.63. The molecule has 136 valence electrons. The first-order valence-electron chi connectivity index (χ1n) is 8.66. The maximum absolute atomic E-state index is 13.2. The number of carbonyl (C=O) groups excluding carboxylic acids is 1. The highest BCUT2D eigenvalue weighted by molar-refractivity contribution is 7.89. The van der Waals surface area contributed by atoms with E-state index in [-0.39, 0.29) is 23.5 Å². The van der Waals surface area contributed by atoms with E-state index in [4.69, 9.17) is 4.74 Å². The molecule has 26 heavy (non-hydrogen) atoms. The second kappa shape index (κ2) is 6.74. The monoisotopic (exact) mass is 372 g/mol. The second-order valence-electron chi connectivity index (χ2n) is 6.60. The van der Waals surface area contributed by atoms with Gasteiger partial charge in [-0.15, -0.1) is 0 Å². The van der Waals surface area contributed by atoms with Gasteiger partial charge in [-0.05, 0) is 43.0 Å². The van der Waals surface area contributed by atoms with Crippen LogP contribution in [-0.4, -0.2) is 37.8 Å². The number of nitrogens with zero attached hydrogens (tertiary/aromatic N) is 1. The highest BCUT2D eigenvalue weighted by atomic mass is 32.2. The van der Waals surface area contributed by atoms with E-state index >= 15 is 0 Å². The van der Waals surface area contributed by atoms with Crippen LogP contribution in [0.1, 0.15) is 18.4 Å². The van der Waals surface area contributed by atoms with Crippen LogP contribution in [0.2, 0.25) is 0 Å². The molecule has 0 saturated carbocycles. The average Bonchev–Trinajstić information content (AvgIpc) is 3.11. The number of anilines is 1. The number of sulfonamides is 1. The molecule has 1 fully saturated rings. The lowest BCUT2D eigenvalue weighted by Crippen LogP contribution is -2.37. The second-order valence-corrected chi connectivity index (χ2v) is 8.49. The third-order valence-electron chi connectivity index (χ3n) is 4.83. The molecule has 1 N–H and O–H groups in total. The molecule has 1 amide bonds. The smallest absolute Gasteiger partial charge is 0.262 e. The molecule has 0 bridgehead atoms. The maximum Gasteiger partial charge on any atom is 0.262 e. The van der Waals surface area contributed by atoms with Crippen LogP contribution in [0, 0.1) is 0 Å². The molecule has 0 aromatic heterocycles. The van der Waals surface area contributed by atoms with Crippen molar-refractivity contribution < 1.29 is 17.9 Å². The molecule has 0 spiro atoms. The molecule has 2 heterocycles.